The minimum atomic E-state index is -4.51. The number of alkyl halides is 3. The van der Waals surface area contributed by atoms with Crippen LogP contribution in [0.3, 0.4) is 0 Å². The molecule has 0 aliphatic heterocycles. The molecule has 0 fully saturated rings. The molecular formula is C19H15Cl4F3N2O3. The van der Waals surface area contributed by atoms with Crippen molar-refractivity contribution < 1.29 is 27.4 Å². The Morgan fingerprint density at radius 3 is 2.35 bits per heavy atom. The molecule has 1 aromatic carbocycles. The minimum absolute atomic E-state index is 0.0679. The van der Waals surface area contributed by atoms with E-state index in [0.717, 1.165) is 12.1 Å². The lowest BCUT2D eigenvalue weighted by atomic mass is 10.2. The van der Waals surface area contributed by atoms with Crippen molar-refractivity contribution in [2.24, 2.45) is 0 Å². The summed E-state index contributed by atoms with van der Waals surface area (Å²) in [6.45, 7) is 0.497. The van der Waals surface area contributed by atoms with Crippen molar-refractivity contribution in [3.05, 3.63) is 62.3 Å². The number of nitrogens with one attached hydrogen (secondary N) is 1. The van der Waals surface area contributed by atoms with Gasteiger partial charge in [0.05, 0.1) is 22.2 Å². The van der Waals surface area contributed by atoms with Crippen LogP contribution in [0.15, 0.2) is 41.0 Å². The average molecular weight is 518 g/mol. The number of hydrogen-bond donors (Lipinski definition) is 1. The van der Waals surface area contributed by atoms with E-state index >= 15 is 0 Å². The Labute approximate surface area is 196 Å². The maximum atomic E-state index is 12.5. The molecule has 0 aliphatic rings. The summed E-state index contributed by atoms with van der Waals surface area (Å²) in [4.78, 5) is 15.5. The SMILES string of the molecule is O=C(NCCCOc1c(Cl)cc(OCC=C(Cl)Cl)cc1Cl)c1ccc(C(F)(F)F)cn1. The molecule has 0 aliphatic carbocycles. The van der Waals surface area contributed by atoms with Crippen molar-refractivity contribution in [2.75, 3.05) is 19.8 Å². The Balaban J connectivity index is 1.79. The zero-order chi connectivity index (χ0) is 23.0. The topological polar surface area (TPSA) is 60.5 Å². The molecule has 0 radical (unpaired) electrons. The lowest BCUT2D eigenvalue weighted by Crippen LogP contribution is -2.26. The Bertz CT molecular complexity index is 911. The van der Waals surface area contributed by atoms with Crippen molar-refractivity contribution in [1.29, 1.82) is 0 Å². The van der Waals surface area contributed by atoms with Crippen LogP contribution in [0.4, 0.5) is 13.2 Å². The molecule has 5 nitrogen and oxygen atoms in total. The van der Waals surface area contributed by atoms with Crippen molar-refractivity contribution in [3.8, 4) is 11.5 Å². The van der Waals surface area contributed by atoms with E-state index in [1.165, 1.54) is 18.2 Å². The summed E-state index contributed by atoms with van der Waals surface area (Å²) in [5, 5.41) is 2.99. The highest BCUT2D eigenvalue weighted by Gasteiger charge is 2.30. The predicted octanol–water partition coefficient (Wildman–Crippen LogP) is 6.30. The molecule has 1 N–H and O–H groups in total. The van der Waals surface area contributed by atoms with Crippen LogP contribution in [0, 0.1) is 0 Å². The molecule has 1 aromatic heterocycles. The predicted molar refractivity (Wildman–Crippen MR) is 113 cm³/mol. The average Bonchev–Trinajstić information content (AvgIpc) is 2.68. The van der Waals surface area contributed by atoms with Crippen molar-refractivity contribution in [2.45, 2.75) is 12.6 Å². The molecule has 0 unspecified atom stereocenters. The number of ether oxygens (including phenoxy) is 2. The van der Waals surface area contributed by atoms with E-state index < -0.39 is 17.6 Å². The van der Waals surface area contributed by atoms with Gasteiger partial charge in [0.25, 0.3) is 5.91 Å². The van der Waals surface area contributed by atoms with Crippen LogP contribution in [0.2, 0.25) is 10.0 Å². The monoisotopic (exact) mass is 516 g/mol. The molecule has 0 bridgehead atoms. The van der Waals surface area contributed by atoms with Gasteiger partial charge >= 0.3 is 6.18 Å². The van der Waals surface area contributed by atoms with Gasteiger partial charge in [-0.1, -0.05) is 46.4 Å². The maximum Gasteiger partial charge on any atom is 0.417 e. The lowest BCUT2D eigenvalue weighted by molar-refractivity contribution is -0.137. The highest BCUT2D eigenvalue weighted by atomic mass is 35.5. The second-order valence-corrected chi connectivity index (χ2v) is 7.73. The molecule has 0 atom stereocenters. The first-order valence-corrected chi connectivity index (χ1v) is 10.2. The van der Waals surface area contributed by atoms with Crippen LogP contribution < -0.4 is 14.8 Å². The third-order valence-electron chi connectivity index (χ3n) is 3.64. The number of rotatable bonds is 9. The number of aromatic nitrogens is 1. The first-order chi connectivity index (χ1) is 14.6. The van der Waals surface area contributed by atoms with Crippen LogP contribution >= 0.6 is 46.4 Å². The molecule has 1 amide bonds. The maximum absolute atomic E-state index is 12.5. The standard InChI is InChI=1S/C19H15Cl4F3N2O3/c20-13-8-12(30-7-4-16(22)23)9-14(21)17(13)31-6-1-5-27-18(29)15-3-2-11(10-28-15)19(24,25)26/h2-4,8-10H,1,5-7H2,(H,27,29). The van der Waals surface area contributed by atoms with E-state index in [9.17, 15) is 18.0 Å². The van der Waals surface area contributed by atoms with Crippen molar-refractivity contribution in [3.63, 3.8) is 0 Å². The normalized spacial score (nSPS) is 11.1. The first kappa shape index (κ1) is 25.4. The third-order valence-corrected chi connectivity index (χ3v) is 4.51. The fraction of sp³-hybridized carbons (Fsp3) is 0.263. The van der Waals surface area contributed by atoms with Gasteiger partial charge < -0.3 is 14.8 Å². The Kier molecular flexibility index (Phi) is 9.55. The van der Waals surface area contributed by atoms with Gasteiger partial charge in [0, 0.05) is 24.9 Å². The molecule has 168 valence electrons. The fourth-order valence-electron chi connectivity index (χ4n) is 2.19. The molecule has 0 saturated carbocycles. The van der Waals surface area contributed by atoms with Crippen molar-refractivity contribution in [1.82, 2.24) is 10.3 Å². The molecule has 2 rings (SSSR count). The highest BCUT2D eigenvalue weighted by Crippen LogP contribution is 2.37. The van der Waals surface area contributed by atoms with Crippen LogP contribution in [-0.2, 0) is 6.18 Å². The molecule has 31 heavy (non-hydrogen) atoms. The number of hydrogen-bond acceptors (Lipinski definition) is 4. The van der Waals surface area contributed by atoms with Gasteiger partial charge in [-0.25, -0.2) is 0 Å². The van der Waals surface area contributed by atoms with Crippen LogP contribution in [0.1, 0.15) is 22.5 Å². The van der Waals surface area contributed by atoms with Gasteiger partial charge in [0.1, 0.15) is 22.5 Å². The smallest absolute Gasteiger partial charge is 0.417 e. The summed E-state index contributed by atoms with van der Waals surface area (Å²) in [6, 6.07) is 4.82. The molecule has 2 aromatic rings. The van der Waals surface area contributed by atoms with Crippen LogP contribution in [-0.4, -0.2) is 30.6 Å². The number of benzene rings is 1. The fourth-order valence-corrected chi connectivity index (χ4v) is 2.90. The third kappa shape index (κ3) is 8.29. The Hall–Kier alpha value is -1.87. The lowest BCUT2D eigenvalue weighted by Gasteiger charge is -2.12. The van der Waals surface area contributed by atoms with E-state index in [-0.39, 0.29) is 45.7 Å². The second kappa shape index (κ2) is 11.7. The molecule has 0 saturated heterocycles. The molecule has 12 heteroatoms. The highest BCUT2D eigenvalue weighted by molar-refractivity contribution is 6.55. The van der Waals surface area contributed by atoms with E-state index in [2.05, 4.69) is 10.3 Å². The summed E-state index contributed by atoms with van der Waals surface area (Å²) in [5.74, 6) is 0.0409. The first-order valence-electron chi connectivity index (χ1n) is 8.65. The second-order valence-electron chi connectivity index (χ2n) is 5.91. The Morgan fingerprint density at radius 2 is 1.81 bits per heavy atom. The molecule has 0 spiro atoms. The van der Waals surface area contributed by atoms with Crippen molar-refractivity contribution >= 4 is 52.3 Å². The van der Waals surface area contributed by atoms with Crippen LogP contribution in [0.5, 0.6) is 11.5 Å². The summed E-state index contributed by atoms with van der Waals surface area (Å²) in [5.41, 5.74) is -1.05. The molecular weight excluding hydrogens is 503 g/mol. The van der Waals surface area contributed by atoms with Gasteiger partial charge in [0.15, 0.2) is 5.75 Å². The number of halogens is 7. The van der Waals surface area contributed by atoms with E-state index in [1.54, 1.807) is 0 Å². The van der Waals surface area contributed by atoms with Gasteiger partial charge in [-0.2, -0.15) is 13.2 Å². The van der Waals surface area contributed by atoms with E-state index in [1.807, 2.05) is 0 Å². The summed E-state index contributed by atoms with van der Waals surface area (Å²) in [6.07, 6.45) is -2.07. The number of carbonyl (C=O) groups is 1. The van der Waals surface area contributed by atoms with E-state index in [4.69, 9.17) is 55.9 Å². The summed E-state index contributed by atoms with van der Waals surface area (Å²) >= 11 is 23.3. The number of nitrogens with zero attached hydrogens (tertiary/aromatic N) is 1. The minimum Gasteiger partial charge on any atom is -0.490 e. The number of pyridine rings is 1. The zero-order valence-electron chi connectivity index (χ0n) is 15.6. The van der Waals surface area contributed by atoms with Crippen LogP contribution in [0.25, 0.3) is 0 Å². The van der Waals surface area contributed by atoms with Gasteiger partial charge in [-0.3, -0.25) is 9.78 Å². The zero-order valence-corrected chi connectivity index (χ0v) is 18.6. The molecule has 1 heterocycles. The largest absolute Gasteiger partial charge is 0.490 e. The summed E-state index contributed by atoms with van der Waals surface area (Å²) in [7, 11) is 0. The van der Waals surface area contributed by atoms with Gasteiger partial charge in [0.2, 0.25) is 0 Å². The quantitative estimate of drug-likeness (QED) is 0.396. The van der Waals surface area contributed by atoms with Gasteiger partial charge in [-0.15, -0.1) is 0 Å². The summed E-state index contributed by atoms with van der Waals surface area (Å²) < 4.78 is 48.5. The van der Waals surface area contributed by atoms with Gasteiger partial charge in [-0.05, 0) is 24.6 Å². The Morgan fingerprint density at radius 1 is 1.13 bits per heavy atom. The number of amides is 1. The number of carbonyl (C=O) groups excluding carboxylic acids is 1. The van der Waals surface area contributed by atoms with E-state index in [0.29, 0.717) is 18.4 Å².